The molecule has 0 radical (unpaired) electrons. The van der Waals surface area contributed by atoms with Crippen LogP contribution in [0.5, 0.6) is 0 Å². The summed E-state index contributed by atoms with van der Waals surface area (Å²) in [6.45, 7) is 5.77. The molecule has 7 atom stereocenters. The van der Waals surface area contributed by atoms with Gasteiger partial charge in [-0.15, -0.1) is 0 Å². The Hall–Kier alpha value is -5.00. The number of amides is 6. The Bertz CT molecular complexity index is 1650. The molecule has 6 amide bonds. The smallest absolute Gasteiger partial charge is 0.328 e. The number of nitrogens with one attached hydrogen (secondary N) is 4. The molecule has 7 unspecified atom stereocenters. The normalized spacial score (nSPS) is 28.6. The molecule has 0 spiro atoms. The molecule has 4 heterocycles. The van der Waals surface area contributed by atoms with Gasteiger partial charge in [0.05, 0.1) is 6.42 Å². The van der Waals surface area contributed by atoms with Crippen LogP contribution in [0, 0.1) is 23.2 Å². The second kappa shape index (κ2) is 18.4. The predicted molar refractivity (Wildman–Crippen MR) is 197 cm³/mol. The van der Waals surface area contributed by atoms with Gasteiger partial charge >= 0.3 is 5.97 Å². The Balaban J connectivity index is 1.45. The summed E-state index contributed by atoms with van der Waals surface area (Å²) >= 11 is 0. The Kier molecular flexibility index (Phi) is 13.7. The molecule has 4 N–H and O–H groups in total. The van der Waals surface area contributed by atoms with E-state index in [1.165, 1.54) is 20.8 Å². The van der Waals surface area contributed by atoms with Crippen LogP contribution in [0.3, 0.4) is 0 Å². The minimum absolute atomic E-state index is 0.0601. The molecule has 5 rings (SSSR count). The van der Waals surface area contributed by atoms with Gasteiger partial charge in [-0.25, -0.2) is 4.79 Å². The van der Waals surface area contributed by atoms with Gasteiger partial charge in [0.1, 0.15) is 42.9 Å². The quantitative estimate of drug-likeness (QED) is 0.116. The molecule has 0 aromatic rings. The average molecular weight is 748 g/mol. The number of esters is 1. The minimum atomic E-state index is -1.45. The fraction of sp³-hybridized carbons (Fsp3) is 0.641. The molecule has 4 aliphatic heterocycles. The number of rotatable bonds is 9. The summed E-state index contributed by atoms with van der Waals surface area (Å²) < 4.78 is 5.68. The second-order valence-corrected chi connectivity index (χ2v) is 15.0. The summed E-state index contributed by atoms with van der Waals surface area (Å²) in [7, 11) is 0. The molecular formula is C39H53N7O8. The Morgan fingerprint density at radius 3 is 2.41 bits per heavy atom. The number of carbonyl (C=O) groups is 7. The lowest BCUT2D eigenvalue weighted by Gasteiger charge is -2.41. The third-order valence-corrected chi connectivity index (χ3v) is 10.7. The van der Waals surface area contributed by atoms with Gasteiger partial charge < -0.3 is 40.8 Å². The molecule has 4 saturated heterocycles. The summed E-state index contributed by atoms with van der Waals surface area (Å²) in [5.74, 6) is 1.89. The fourth-order valence-electron chi connectivity index (χ4n) is 7.76. The minimum Gasteiger partial charge on any atom is -0.461 e. The Morgan fingerprint density at radius 1 is 0.981 bits per heavy atom. The summed E-state index contributed by atoms with van der Waals surface area (Å²) in [6.07, 6.45) is 10.0. The molecule has 5 aliphatic rings. The number of allylic oxidation sites excluding steroid dienone is 2. The maximum atomic E-state index is 14.4. The van der Waals surface area contributed by atoms with Crippen molar-refractivity contribution in [3.8, 4) is 11.8 Å². The van der Waals surface area contributed by atoms with E-state index in [0.29, 0.717) is 57.1 Å². The highest BCUT2D eigenvalue weighted by Crippen LogP contribution is 2.28. The molecule has 0 aromatic heterocycles. The first kappa shape index (κ1) is 40.2. The van der Waals surface area contributed by atoms with Crippen LogP contribution >= 0.6 is 0 Å². The van der Waals surface area contributed by atoms with E-state index in [4.69, 9.17) is 10.1 Å². The average Bonchev–Trinajstić information content (AvgIpc) is 3.84. The summed E-state index contributed by atoms with van der Waals surface area (Å²) in [6, 6.07) is -6.36. The van der Waals surface area contributed by atoms with E-state index in [1.54, 1.807) is 19.1 Å². The van der Waals surface area contributed by atoms with Crippen LogP contribution in [0.4, 0.5) is 0 Å². The number of hydrogen-bond acceptors (Lipinski definition) is 9. The maximum absolute atomic E-state index is 14.4. The first-order chi connectivity index (χ1) is 25.9. The predicted octanol–water partition coefficient (Wildman–Crippen LogP) is 1.12. The molecular weight excluding hydrogens is 694 g/mol. The van der Waals surface area contributed by atoms with Crippen molar-refractivity contribution in [2.24, 2.45) is 5.92 Å². The molecule has 1 aliphatic carbocycles. The van der Waals surface area contributed by atoms with Crippen LogP contribution in [0.1, 0.15) is 91.4 Å². The molecule has 292 valence electrons. The van der Waals surface area contributed by atoms with Gasteiger partial charge in [-0.1, -0.05) is 44.6 Å². The molecule has 0 saturated carbocycles. The largest absolute Gasteiger partial charge is 0.461 e. The van der Waals surface area contributed by atoms with Gasteiger partial charge in [0, 0.05) is 37.3 Å². The number of carbonyl (C=O) groups excluding carboxylic acids is 7. The van der Waals surface area contributed by atoms with Gasteiger partial charge in [0.25, 0.3) is 0 Å². The van der Waals surface area contributed by atoms with E-state index >= 15 is 0 Å². The van der Waals surface area contributed by atoms with Crippen molar-refractivity contribution in [3.05, 3.63) is 23.8 Å². The highest BCUT2D eigenvalue weighted by molar-refractivity contribution is 5.99. The van der Waals surface area contributed by atoms with Gasteiger partial charge in [-0.2, -0.15) is 0 Å². The van der Waals surface area contributed by atoms with Crippen molar-refractivity contribution in [2.45, 2.75) is 128 Å². The zero-order valence-electron chi connectivity index (χ0n) is 31.5. The topological polar surface area (TPSA) is 198 Å². The lowest BCUT2D eigenvalue weighted by atomic mass is 9.91. The Morgan fingerprint density at radius 2 is 1.69 bits per heavy atom. The zero-order valence-corrected chi connectivity index (χ0v) is 31.5. The van der Waals surface area contributed by atoms with E-state index in [9.17, 15) is 33.6 Å². The highest BCUT2D eigenvalue weighted by atomic mass is 16.5. The Labute approximate surface area is 316 Å². The number of unbranched alkanes of at least 4 members (excludes halogenated alkanes) is 2. The number of fused-ring (bicyclic) bond motifs is 3. The molecule has 54 heavy (non-hydrogen) atoms. The van der Waals surface area contributed by atoms with Crippen molar-refractivity contribution in [2.75, 3.05) is 26.2 Å². The standard InChI is InChI=1S/C39H53N7O8/c1-4-5-6-7-15-33(47)42-28(22-26-11-8-12-27(40)21-26)34(48)43-29-23-54-39(53)31-14-10-18-45(31)36(50)25(3)41-35(49)32-20-24(2)16-19-46(32)38(52)30-13-9-17-44(30)37(29)51/h7,15,21,24-25,28-32,40H,4-6,9-10,12-14,16-20,22-23H2,1-3H3,(H,41,49)(H,42,47)(H,43,48). The lowest BCUT2D eigenvalue weighted by Crippen LogP contribution is -2.62. The number of cyclic esters (lactones) is 1. The summed E-state index contributed by atoms with van der Waals surface area (Å²) in [5.41, 5.74) is 0.715. The molecule has 0 aromatic carbocycles. The van der Waals surface area contributed by atoms with Crippen molar-refractivity contribution >= 4 is 47.1 Å². The molecule has 15 nitrogen and oxygen atoms in total. The van der Waals surface area contributed by atoms with Crippen LogP contribution in [0.2, 0.25) is 0 Å². The second-order valence-electron chi connectivity index (χ2n) is 15.0. The number of ether oxygens (including phenoxy) is 1. The first-order valence-electron chi connectivity index (χ1n) is 19.3. The summed E-state index contributed by atoms with van der Waals surface area (Å²) in [5, 5.41) is 16.2. The lowest BCUT2D eigenvalue weighted by molar-refractivity contribution is -0.158. The van der Waals surface area contributed by atoms with Crippen LogP contribution in [-0.2, 0) is 38.3 Å². The van der Waals surface area contributed by atoms with Crippen molar-refractivity contribution in [1.29, 1.82) is 5.41 Å². The van der Waals surface area contributed by atoms with Crippen LogP contribution < -0.4 is 16.0 Å². The maximum Gasteiger partial charge on any atom is 0.328 e. The molecule has 15 heteroatoms. The highest BCUT2D eigenvalue weighted by Gasteiger charge is 2.46. The van der Waals surface area contributed by atoms with Crippen LogP contribution in [0.15, 0.2) is 23.8 Å². The first-order valence-corrected chi connectivity index (χ1v) is 19.3. The van der Waals surface area contributed by atoms with Crippen molar-refractivity contribution in [3.63, 3.8) is 0 Å². The monoisotopic (exact) mass is 747 g/mol. The number of nitrogens with zero attached hydrogens (tertiary/aromatic N) is 3. The molecule has 0 bridgehead atoms. The van der Waals surface area contributed by atoms with E-state index < -0.39 is 84.3 Å². The van der Waals surface area contributed by atoms with E-state index in [0.717, 1.165) is 12.8 Å². The van der Waals surface area contributed by atoms with E-state index in [2.05, 4.69) is 27.8 Å². The SMILES string of the molecule is CCCCC=CC(=O)NC(CC1=CC(=N)CC#C1)C(=O)NC1COC(=O)C2CCCN2C(=O)C(C)NC(=O)C2CC(C)CCN2C(=O)C2CCCN2C1=O. The van der Waals surface area contributed by atoms with Gasteiger partial charge in [-0.3, -0.25) is 28.8 Å². The fourth-order valence-corrected chi connectivity index (χ4v) is 7.76. The van der Waals surface area contributed by atoms with E-state index in [1.807, 2.05) is 13.8 Å². The van der Waals surface area contributed by atoms with Crippen molar-refractivity contribution < 1.29 is 38.3 Å². The zero-order chi connectivity index (χ0) is 38.9. The third kappa shape index (κ3) is 9.75. The summed E-state index contributed by atoms with van der Waals surface area (Å²) in [4.78, 5) is 101. The molecule has 4 fully saturated rings. The number of piperidine rings is 1. The van der Waals surface area contributed by atoms with Crippen molar-refractivity contribution in [1.82, 2.24) is 30.7 Å². The van der Waals surface area contributed by atoms with Gasteiger partial charge in [-0.05, 0) is 69.9 Å². The van der Waals surface area contributed by atoms with E-state index in [-0.39, 0.29) is 37.6 Å². The van der Waals surface area contributed by atoms with Gasteiger partial charge in [0.15, 0.2) is 0 Å². The third-order valence-electron chi connectivity index (χ3n) is 10.7. The van der Waals surface area contributed by atoms with Crippen LogP contribution in [0.25, 0.3) is 0 Å². The van der Waals surface area contributed by atoms with Crippen LogP contribution in [-0.4, -0.2) is 124 Å². The van der Waals surface area contributed by atoms with Gasteiger partial charge in [0.2, 0.25) is 35.4 Å². The number of hydrogen-bond donors (Lipinski definition) is 4.